The summed E-state index contributed by atoms with van der Waals surface area (Å²) in [4.78, 5) is 4.02. The summed E-state index contributed by atoms with van der Waals surface area (Å²) < 4.78 is 71.8. The zero-order chi connectivity index (χ0) is 42.9. The maximum atomic E-state index is 11.9. The Morgan fingerprint density at radius 2 is 0.927 bits per heavy atom. The lowest BCUT2D eigenvalue weighted by Gasteiger charge is -2.25. The van der Waals surface area contributed by atoms with Crippen LogP contribution in [0.5, 0.6) is 0 Å². The summed E-state index contributed by atoms with van der Waals surface area (Å²) in [5, 5.41) is 0. The standard InChI is InChI=1S/C13H21BrN2O2S.C9H12BrNO2S.C8H10BrN.C4H10ClN.CH3ClO2S.ClH/c1-10-8-12(9-11(2)13(10)14)16(19(5,17)18)7-6-15(3)4;1-6-4-8(11-14(3,12)13)5-7(2)9(6)10;1-5-3-7(10)4-6(2)8(5)9;1-6(2)4-3-5;1-5(2,3)4;/h8-9H,6-7H2,1-5H3;4-5,11H,1-3H3;3-4H,10H2,1-2H3;3-4H2,1-2H3;1H3;1H. The molecule has 0 aliphatic carbocycles. The van der Waals surface area contributed by atoms with E-state index in [1.807, 2.05) is 104 Å². The number of halogens is 6. The minimum Gasteiger partial charge on any atom is -0.399 e. The maximum Gasteiger partial charge on any atom is 0.232 e. The molecular formula is C35H57Br3Cl3N5O6S3. The number of rotatable bonds is 9. The molecule has 3 rings (SSSR count). The molecule has 318 valence electrons. The average molecular weight is 1090 g/mol. The fourth-order valence-electron chi connectivity index (χ4n) is 4.21. The number of benzene rings is 3. The van der Waals surface area contributed by atoms with Gasteiger partial charge in [-0.15, -0.1) is 24.0 Å². The highest BCUT2D eigenvalue weighted by molar-refractivity contribution is 9.11. The molecule has 0 aliphatic rings. The van der Waals surface area contributed by atoms with Gasteiger partial charge in [0.25, 0.3) is 0 Å². The molecule has 3 aromatic carbocycles. The Bertz CT molecular complexity index is 1910. The highest BCUT2D eigenvalue weighted by Gasteiger charge is 2.19. The van der Waals surface area contributed by atoms with E-state index in [-0.39, 0.29) is 12.4 Å². The van der Waals surface area contributed by atoms with Crippen LogP contribution in [0.15, 0.2) is 49.8 Å². The van der Waals surface area contributed by atoms with Gasteiger partial charge in [0, 0.05) is 61.0 Å². The van der Waals surface area contributed by atoms with Crippen LogP contribution in [0.2, 0.25) is 0 Å². The molecule has 0 amide bonds. The van der Waals surface area contributed by atoms with Crippen LogP contribution < -0.4 is 14.8 Å². The fraction of sp³-hybridized carbons (Fsp3) is 0.486. The molecule has 0 aromatic heterocycles. The molecule has 0 radical (unpaired) electrons. The van der Waals surface area contributed by atoms with E-state index in [1.165, 1.54) is 21.7 Å². The van der Waals surface area contributed by atoms with E-state index < -0.39 is 29.1 Å². The molecule has 0 aliphatic heterocycles. The lowest BCUT2D eigenvalue weighted by Crippen LogP contribution is -2.36. The number of hydrogen-bond acceptors (Lipinski definition) is 9. The number of nitrogen functional groups attached to an aromatic ring is 1. The van der Waals surface area contributed by atoms with Crippen LogP contribution in [0.3, 0.4) is 0 Å². The van der Waals surface area contributed by atoms with E-state index in [2.05, 4.69) is 63.2 Å². The number of nitrogens with one attached hydrogen (secondary N) is 1. The van der Waals surface area contributed by atoms with E-state index in [0.717, 1.165) is 72.0 Å². The third-order valence-electron chi connectivity index (χ3n) is 6.59. The minimum atomic E-state index is -3.27. The predicted molar refractivity (Wildman–Crippen MR) is 252 cm³/mol. The van der Waals surface area contributed by atoms with Gasteiger partial charge in [0.15, 0.2) is 0 Å². The molecule has 0 spiro atoms. The third kappa shape index (κ3) is 28.2. The summed E-state index contributed by atoms with van der Waals surface area (Å²) in [6, 6.07) is 11.3. The second-order valence-electron chi connectivity index (χ2n) is 13.0. The number of nitrogens with two attached hydrogens (primary N) is 1. The van der Waals surface area contributed by atoms with Crippen molar-refractivity contribution < 1.29 is 25.3 Å². The normalized spacial score (nSPS) is 11.0. The molecule has 0 bridgehead atoms. The van der Waals surface area contributed by atoms with Gasteiger partial charge in [0.2, 0.25) is 29.1 Å². The maximum absolute atomic E-state index is 11.9. The predicted octanol–water partition coefficient (Wildman–Crippen LogP) is 8.87. The number of likely N-dealkylation sites (N-methyl/N-ethyl adjacent to an activating group) is 1. The quantitative estimate of drug-likeness (QED) is 0.122. The number of hydrogen-bond donors (Lipinski definition) is 2. The Labute approximate surface area is 372 Å². The van der Waals surface area contributed by atoms with Crippen LogP contribution in [0.25, 0.3) is 0 Å². The SMILES string of the molecule is CN(C)CCCl.CS(=O)(=O)Cl.Cc1cc(N(CCN(C)C)S(C)(=O)=O)cc(C)c1Br.Cc1cc(N)cc(C)c1Br.Cc1cc(NS(C)(=O)=O)cc(C)c1Br.Cl. The monoisotopic (exact) mass is 1080 g/mol. The van der Waals surface area contributed by atoms with Gasteiger partial charge in [-0.3, -0.25) is 9.03 Å². The van der Waals surface area contributed by atoms with Crippen LogP contribution in [-0.4, -0.2) is 108 Å². The molecule has 0 saturated carbocycles. The molecule has 0 atom stereocenters. The molecule has 3 aromatic rings. The molecule has 0 heterocycles. The molecule has 0 fully saturated rings. The summed E-state index contributed by atoms with van der Waals surface area (Å²) in [5.41, 5.74) is 14.2. The lowest BCUT2D eigenvalue weighted by molar-refractivity contribution is 0.419. The van der Waals surface area contributed by atoms with Crippen molar-refractivity contribution in [3.8, 4) is 0 Å². The van der Waals surface area contributed by atoms with Crippen molar-refractivity contribution in [1.82, 2.24) is 9.80 Å². The second-order valence-corrected chi connectivity index (χ2v) is 22.4. The Morgan fingerprint density at radius 1 is 0.618 bits per heavy atom. The first-order chi connectivity index (χ1) is 24.3. The zero-order valence-electron chi connectivity index (χ0n) is 33.7. The molecule has 0 unspecified atom stereocenters. The Hall–Kier alpha value is -0.860. The largest absolute Gasteiger partial charge is 0.399 e. The van der Waals surface area contributed by atoms with Gasteiger partial charge in [-0.1, -0.05) is 47.8 Å². The van der Waals surface area contributed by atoms with E-state index in [1.54, 1.807) is 12.1 Å². The topological polar surface area (TPSA) is 150 Å². The van der Waals surface area contributed by atoms with E-state index in [4.69, 9.17) is 17.3 Å². The smallest absolute Gasteiger partial charge is 0.232 e. The van der Waals surface area contributed by atoms with Crippen molar-refractivity contribution >= 4 is 129 Å². The number of anilines is 3. The van der Waals surface area contributed by atoms with Gasteiger partial charge >= 0.3 is 0 Å². The molecular weight excluding hydrogens is 1030 g/mol. The Kier molecular flexibility index (Phi) is 28.7. The second kappa shape index (κ2) is 27.0. The van der Waals surface area contributed by atoms with Crippen LogP contribution >= 0.6 is 82.5 Å². The number of aryl methyl sites for hydroxylation is 6. The van der Waals surface area contributed by atoms with E-state index in [0.29, 0.717) is 18.8 Å². The van der Waals surface area contributed by atoms with Gasteiger partial charge < -0.3 is 15.5 Å². The number of alkyl halides is 1. The molecule has 20 heteroatoms. The fourth-order valence-corrected chi connectivity index (χ4v) is 6.68. The van der Waals surface area contributed by atoms with Crippen molar-refractivity contribution in [2.45, 2.75) is 41.5 Å². The zero-order valence-corrected chi connectivity index (χ0v) is 43.2. The molecule has 0 saturated heterocycles. The first kappa shape index (κ1) is 58.5. The van der Waals surface area contributed by atoms with E-state index in [9.17, 15) is 25.3 Å². The van der Waals surface area contributed by atoms with Gasteiger partial charge in [-0.2, -0.15) is 0 Å². The van der Waals surface area contributed by atoms with Crippen LogP contribution in [0.1, 0.15) is 33.4 Å². The number of nitrogens with zero attached hydrogens (tertiary/aromatic N) is 3. The van der Waals surface area contributed by atoms with Crippen molar-refractivity contribution in [1.29, 1.82) is 0 Å². The minimum absolute atomic E-state index is 0. The third-order valence-corrected chi connectivity index (χ3v) is 12.3. The first-order valence-electron chi connectivity index (χ1n) is 16.1. The number of sulfonamides is 2. The van der Waals surface area contributed by atoms with Crippen LogP contribution in [0, 0.1) is 41.5 Å². The van der Waals surface area contributed by atoms with Gasteiger partial charge in [-0.05, 0) is 140 Å². The first-order valence-corrected chi connectivity index (χ1v) is 25.4. The summed E-state index contributed by atoms with van der Waals surface area (Å²) in [5.74, 6) is 0.729. The summed E-state index contributed by atoms with van der Waals surface area (Å²) in [6.45, 7) is 13.9. The van der Waals surface area contributed by atoms with Gasteiger partial charge in [-0.25, -0.2) is 25.3 Å². The highest BCUT2D eigenvalue weighted by Crippen LogP contribution is 2.29. The van der Waals surface area contributed by atoms with Crippen LogP contribution in [-0.2, 0) is 29.1 Å². The summed E-state index contributed by atoms with van der Waals surface area (Å²) in [6.07, 6.45) is 3.31. The summed E-state index contributed by atoms with van der Waals surface area (Å²) >= 11 is 15.7. The highest BCUT2D eigenvalue weighted by atomic mass is 79.9. The van der Waals surface area contributed by atoms with Crippen molar-refractivity contribution in [3.63, 3.8) is 0 Å². The molecule has 11 nitrogen and oxygen atoms in total. The lowest BCUT2D eigenvalue weighted by atomic mass is 10.1. The Balaban J connectivity index is -0.000000662. The van der Waals surface area contributed by atoms with E-state index >= 15 is 0 Å². The van der Waals surface area contributed by atoms with Crippen molar-refractivity contribution in [2.24, 2.45) is 0 Å². The van der Waals surface area contributed by atoms with Crippen molar-refractivity contribution in [3.05, 3.63) is 83.2 Å². The van der Waals surface area contributed by atoms with Crippen LogP contribution in [0.4, 0.5) is 17.1 Å². The molecule has 3 N–H and O–H groups in total. The molecule has 55 heavy (non-hydrogen) atoms. The van der Waals surface area contributed by atoms with Gasteiger partial charge in [0.1, 0.15) is 0 Å². The van der Waals surface area contributed by atoms with Gasteiger partial charge in [0.05, 0.1) is 24.5 Å². The van der Waals surface area contributed by atoms with Crippen molar-refractivity contribution in [2.75, 3.05) is 87.2 Å². The Morgan fingerprint density at radius 3 is 1.18 bits per heavy atom. The summed E-state index contributed by atoms with van der Waals surface area (Å²) in [7, 11) is 2.71. The average Bonchev–Trinajstić information content (AvgIpc) is 2.96.